The summed E-state index contributed by atoms with van der Waals surface area (Å²) in [5.41, 5.74) is 5.75. The number of halogens is 6. The first-order valence-corrected chi connectivity index (χ1v) is 14.7. The maximum atomic E-state index is 9.87. The molecule has 1 heterocycles. The van der Waals surface area contributed by atoms with E-state index in [1.807, 2.05) is 30.7 Å². The third-order valence-corrected chi connectivity index (χ3v) is 6.87. The number of hydrogen-bond acceptors (Lipinski definition) is 2. The summed E-state index contributed by atoms with van der Waals surface area (Å²) in [6.07, 6.45) is 12.6. The van der Waals surface area contributed by atoms with E-state index >= 15 is 0 Å². The Morgan fingerprint density at radius 2 is 0.846 bits per heavy atom. The van der Waals surface area contributed by atoms with E-state index < -0.39 is 15.7 Å². The van der Waals surface area contributed by atoms with E-state index in [2.05, 4.69) is 91.0 Å². The molecule has 0 amide bonds. The summed E-state index contributed by atoms with van der Waals surface area (Å²) in [6, 6.07) is 32.3. The zero-order valence-corrected chi connectivity index (χ0v) is 25.2. The molecule has 0 bridgehead atoms. The Bertz CT molecular complexity index is 979. The Kier molecular flexibility index (Phi) is 16.5. The van der Waals surface area contributed by atoms with Crippen LogP contribution >= 0.6 is 15.7 Å². The van der Waals surface area contributed by atoms with Crippen LogP contribution in [0.15, 0.2) is 115 Å². The molecule has 0 aromatic heterocycles. The molecule has 0 unspecified atom stereocenters. The predicted octanol–water partition coefficient (Wildman–Crippen LogP) is 9.26. The first-order chi connectivity index (χ1) is 17.9. The summed E-state index contributed by atoms with van der Waals surface area (Å²) >= 11 is 0. The molecule has 0 N–H and O–H groups in total. The zero-order valence-electron chi connectivity index (χ0n) is 20.7. The van der Waals surface area contributed by atoms with Crippen LogP contribution in [0.5, 0.6) is 0 Å². The van der Waals surface area contributed by atoms with Crippen LogP contribution in [-0.2, 0) is 25.2 Å². The van der Waals surface area contributed by atoms with E-state index in [-0.39, 0.29) is 20.4 Å². The van der Waals surface area contributed by atoms with Crippen molar-refractivity contribution in [2.24, 2.45) is 0 Å². The van der Waals surface area contributed by atoms with Crippen LogP contribution in [0.25, 0.3) is 5.59 Å². The molecule has 5 rings (SSSR count). The number of nitrogens with zero attached hydrogens (tertiary/aromatic N) is 1. The van der Waals surface area contributed by atoms with Gasteiger partial charge in [0.2, 0.25) is 0 Å². The minimum absolute atomic E-state index is 0. The number of hydrogen-bond donors (Lipinski definition) is 0. The molecule has 12 heteroatoms. The van der Waals surface area contributed by atoms with Crippen LogP contribution in [0.3, 0.4) is 0 Å². The largest absolute Gasteiger partial charge is 0.577 e. The first-order valence-electron chi connectivity index (χ1n) is 11.3. The zero-order chi connectivity index (χ0) is 28.4. The van der Waals surface area contributed by atoms with Gasteiger partial charge in [0.25, 0.3) is 0 Å². The first kappa shape index (κ1) is 36.8. The van der Waals surface area contributed by atoms with Gasteiger partial charge in [-0.05, 0) is 36.7 Å². The van der Waals surface area contributed by atoms with Crippen molar-refractivity contribution in [1.29, 1.82) is 0 Å². The van der Waals surface area contributed by atoms with Crippen molar-refractivity contribution in [1.82, 2.24) is 0 Å². The van der Waals surface area contributed by atoms with Crippen molar-refractivity contribution < 1.29 is 50.3 Å². The van der Waals surface area contributed by atoms with Crippen molar-refractivity contribution in [3.05, 3.63) is 132 Å². The summed E-state index contributed by atoms with van der Waals surface area (Å²) in [5.74, 6) is 0. The number of rotatable bonds is 3. The minimum atomic E-state index is -10.7. The van der Waals surface area contributed by atoms with E-state index in [1.54, 1.807) is 0 Å². The van der Waals surface area contributed by atoms with Gasteiger partial charge in [0.15, 0.2) is 0 Å². The smallest absolute Gasteiger partial charge is 0.00506 e. The van der Waals surface area contributed by atoms with Crippen LogP contribution in [0.4, 0.5) is 25.2 Å². The Hall–Kier alpha value is -2.20. The molecule has 1 aliphatic carbocycles. The molecule has 1 fully saturated rings. The van der Waals surface area contributed by atoms with Gasteiger partial charge in [0.05, 0.1) is 0 Å². The predicted molar refractivity (Wildman–Crippen MR) is 148 cm³/mol. The molecule has 1 saturated heterocycles. The molecule has 39 heavy (non-hydrogen) atoms. The molecular weight excluding hydrogens is 732 g/mol. The molecule has 0 saturated carbocycles. The summed E-state index contributed by atoms with van der Waals surface area (Å²) in [4.78, 5) is 7.25. The fourth-order valence-electron chi connectivity index (χ4n) is 3.01. The third-order valence-electron chi connectivity index (χ3n) is 4.43. The molecule has 2 aliphatic rings. The maximum Gasteiger partial charge on any atom is 0.00506 e. The Morgan fingerprint density at radius 1 is 0.564 bits per heavy atom. The van der Waals surface area contributed by atoms with Crippen molar-refractivity contribution in [3.8, 4) is 0 Å². The molecule has 3 nitrogen and oxygen atoms in total. The summed E-state index contributed by atoms with van der Waals surface area (Å²) in [6.45, 7) is 2.00. The normalized spacial score (nSPS) is 14.7. The van der Waals surface area contributed by atoms with E-state index in [0.29, 0.717) is 0 Å². The number of benzene rings is 3. The number of ether oxygens (including phenoxy) is 1. The van der Waals surface area contributed by atoms with E-state index in [0.717, 1.165) is 13.2 Å². The molecule has 3 aromatic rings. The van der Waals surface area contributed by atoms with Gasteiger partial charge in [-0.25, -0.2) is 0 Å². The van der Waals surface area contributed by atoms with Crippen molar-refractivity contribution in [2.45, 2.75) is 12.8 Å². The van der Waals surface area contributed by atoms with Crippen molar-refractivity contribution >= 4 is 31.6 Å². The quantitative estimate of drug-likeness (QED) is 0.198. The molecule has 214 valence electrons. The molecule has 3 aromatic carbocycles. The van der Waals surface area contributed by atoms with Gasteiger partial charge >= 0.3 is 33.0 Å². The standard InChI is InChI=1S/C18H15P.C5H5.C4H8O.F6P.NO.Re/c1-4-10-16(11-5-1)19(17-12-6-2-7-13-17)18-14-8-3-9-15-18;2*1-2-4-5-3-1;1-7(2,3,4,5)6;1-2;/h1-15H;1-5H;1-4H2;;;/q;;;2*-1;. The minimum Gasteiger partial charge on any atom is -0.577 e. The van der Waals surface area contributed by atoms with Gasteiger partial charge in [-0.3, -0.25) is 0 Å². The Balaban J connectivity index is 0.000000592. The fraction of sp³-hybridized carbons (Fsp3) is 0.148. The second-order valence-electron chi connectivity index (χ2n) is 7.58. The van der Waals surface area contributed by atoms with Crippen LogP contribution in [0.2, 0.25) is 0 Å². The maximum absolute atomic E-state index is 10.7. The van der Waals surface area contributed by atoms with Gasteiger partial charge in [-0.2, -0.15) is 0 Å². The van der Waals surface area contributed by atoms with Crippen LogP contribution < -0.4 is 15.9 Å². The average molecular weight is 761 g/mol. The summed E-state index contributed by atoms with van der Waals surface area (Å²) in [7, 11) is -11.1. The Morgan fingerprint density at radius 3 is 1.03 bits per heavy atom. The van der Waals surface area contributed by atoms with Crippen LogP contribution in [0.1, 0.15) is 12.8 Å². The van der Waals surface area contributed by atoms with Crippen LogP contribution in [0, 0.1) is 11.3 Å². The van der Waals surface area contributed by atoms with Gasteiger partial charge < -0.3 is 15.2 Å². The summed E-state index contributed by atoms with van der Waals surface area (Å²) < 4.78 is 64.1. The second kappa shape index (κ2) is 17.5. The van der Waals surface area contributed by atoms with Gasteiger partial charge in [0.1, 0.15) is 0 Å². The molecule has 0 atom stereocenters. The van der Waals surface area contributed by atoms with Crippen molar-refractivity contribution in [3.63, 3.8) is 0 Å². The number of nitroso groups, excluding NO2 is 1. The molecule has 2 radical (unpaired) electrons. The van der Waals surface area contributed by atoms with E-state index in [1.165, 1.54) is 28.8 Å². The van der Waals surface area contributed by atoms with Gasteiger partial charge in [0, 0.05) is 40.1 Å². The SMILES string of the molecule is C1CCOC1.F[P-](F)(F)(F)(F)F.[CH]1C=CC=C1.[N-]=O.[Re].c1ccc(P(c2ccccc2)c2ccccc2)cc1. The van der Waals surface area contributed by atoms with Gasteiger partial charge in [-0.1, -0.05) is 115 Å². The third kappa shape index (κ3) is 21.3. The van der Waals surface area contributed by atoms with Crippen molar-refractivity contribution in [2.75, 3.05) is 13.2 Å². The van der Waals surface area contributed by atoms with Gasteiger partial charge in [-0.15, -0.1) is 0 Å². The number of allylic oxidation sites excluding steroid dienone is 4. The Labute approximate surface area is 239 Å². The molecule has 0 spiro atoms. The molecular formula is C27H28F6NO2P2Re-2. The monoisotopic (exact) mass is 761 g/mol. The topological polar surface area (TPSA) is 48.6 Å². The summed E-state index contributed by atoms with van der Waals surface area (Å²) in [5, 5.41) is 4.19. The average Bonchev–Trinajstić information content (AvgIpc) is 3.66. The van der Waals surface area contributed by atoms with E-state index in [9.17, 15) is 25.2 Å². The van der Waals surface area contributed by atoms with Crippen LogP contribution in [-0.4, -0.2) is 13.2 Å². The van der Waals surface area contributed by atoms with E-state index in [4.69, 9.17) is 15.2 Å². The second-order valence-corrected chi connectivity index (χ2v) is 11.7. The fourth-order valence-corrected chi connectivity index (χ4v) is 5.31. The molecule has 1 aliphatic heterocycles.